The predicted octanol–water partition coefficient (Wildman–Crippen LogP) is 10.8. The number of hydrogen-bond donors (Lipinski definition) is 0. The molecule has 0 bridgehead atoms. The van der Waals surface area contributed by atoms with Crippen molar-refractivity contribution in [2.24, 2.45) is 23.7 Å². The molecule has 0 spiro atoms. The lowest BCUT2D eigenvalue weighted by Crippen LogP contribution is -2.23. The van der Waals surface area contributed by atoms with Crippen LogP contribution in [0.15, 0.2) is 0 Å². The highest BCUT2D eigenvalue weighted by atomic mass is 16.5. The third kappa shape index (κ3) is 26.9. The second-order valence-electron chi connectivity index (χ2n) is 13.2. The van der Waals surface area contributed by atoms with Crippen LogP contribution in [0.5, 0.6) is 0 Å². The monoisotopic (exact) mass is 553 g/mol. The zero-order chi connectivity index (χ0) is 29.1. The highest BCUT2D eigenvalue weighted by molar-refractivity contribution is 5.72. The number of esters is 2. The Morgan fingerprint density at radius 2 is 0.846 bits per heavy atom. The van der Waals surface area contributed by atoms with E-state index in [1.165, 1.54) is 83.5 Å². The zero-order valence-corrected chi connectivity index (χ0v) is 27.2. The summed E-state index contributed by atoms with van der Waals surface area (Å²) in [6, 6.07) is 0. The molecule has 0 saturated carbocycles. The number of carbonyl (C=O) groups is 2. The molecule has 0 aliphatic heterocycles. The second kappa shape index (κ2) is 27.1. The lowest BCUT2D eigenvalue weighted by molar-refractivity contribution is -0.150. The number of carbonyl (C=O) groups excluding carboxylic acids is 2. The summed E-state index contributed by atoms with van der Waals surface area (Å²) in [5.74, 6) is 1.96. The average molecular weight is 553 g/mol. The molecule has 0 amide bonds. The fourth-order valence-electron chi connectivity index (χ4n) is 5.15. The molecule has 0 N–H and O–H groups in total. The standard InChI is InChI=1S/C35H68O4/c1-30(2)24-18-16-22-28-38-34(36)27-21-15-13-11-9-7-8-10-12-14-20-26-33(32(5)6)35(37)39-29-23-17-19-25-31(3)4/h30-33H,7-29H2,1-6H3. The van der Waals surface area contributed by atoms with Crippen molar-refractivity contribution in [3.63, 3.8) is 0 Å². The Hall–Kier alpha value is -1.06. The van der Waals surface area contributed by atoms with Gasteiger partial charge in [0.05, 0.1) is 19.1 Å². The van der Waals surface area contributed by atoms with Crippen LogP contribution in [-0.4, -0.2) is 25.2 Å². The van der Waals surface area contributed by atoms with E-state index in [4.69, 9.17) is 9.47 Å². The summed E-state index contributed by atoms with van der Waals surface area (Å²) in [5, 5.41) is 0. The quantitative estimate of drug-likeness (QED) is 0.0715. The van der Waals surface area contributed by atoms with E-state index in [1.807, 2.05) is 0 Å². The molecule has 0 aliphatic carbocycles. The number of rotatable bonds is 28. The van der Waals surface area contributed by atoms with Crippen LogP contribution in [0.2, 0.25) is 0 Å². The maximum absolute atomic E-state index is 12.5. The molecule has 4 nitrogen and oxygen atoms in total. The lowest BCUT2D eigenvalue weighted by Gasteiger charge is -2.19. The third-order valence-corrected chi connectivity index (χ3v) is 7.86. The highest BCUT2D eigenvalue weighted by Crippen LogP contribution is 2.22. The smallest absolute Gasteiger partial charge is 0.309 e. The van der Waals surface area contributed by atoms with Gasteiger partial charge >= 0.3 is 11.9 Å². The zero-order valence-electron chi connectivity index (χ0n) is 27.2. The molecule has 0 aliphatic rings. The van der Waals surface area contributed by atoms with Crippen LogP contribution in [0.4, 0.5) is 0 Å². The van der Waals surface area contributed by atoms with Gasteiger partial charge in [-0.05, 0) is 43.4 Å². The molecule has 39 heavy (non-hydrogen) atoms. The first-order valence-electron chi connectivity index (χ1n) is 17.1. The summed E-state index contributed by atoms with van der Waals surface area (Å²) in [5.41, 5.74) is 0. The minimum Gasteiger partial charge on any atom is -0.466 e. The molecule has 1 unspecified atom stereocenters. The Bertz CT molecular complexity index is 555. The van der Waals surface area contributed by atoms with Gasteiger partial charge in [0.15, 0.2) is 0 Å². The summed E-state index contributed by atoms with van der Waals surface area (Å²) in [4.78, 5) is 24.4. The van der Waals surface area contributed by atoms with E-state index in [0.29, 0.717) is 25.6 Å². The molecule has 0 aromatic rings. The van der Waals surface area contributed by atoms with Crippen molar-refractivity contribution in [1.82, 2.24) is 0 Å². The average Bonchev–Trinajstić information content (AvgIpc) is 2.87. The minimum absolute atomic E-state index is 0.0111. The van der Waals surface area contributed by atoms with Gasteiger partial charge < -0.3 is 9.47 Å². The van der Waals surface area contributed by atoms with Crippen molar-refractivity contribution in [1.29, 1.82) is 0 Å². The fraction of sp³-hybridized carbons (Fsp3) is 0.943. The van der Waals surface area contributed by atoms with E-state index in [0.717, 1.165) is 56.8 Å². The molecule has 0 aromatic heterocycles. The molecule has 0 saturated heterocycles. The second-order valence-corrected chi connectivity index (χ2v) is 13.2. The van der Waals surface area contributed by atoms with Crippen LogP contribution in [0.1, 0.15) is 176 Å². The largest absolute Gasteiger partial charge is 0.466 e. The first-order valence-corrected chi connectivity index (χ1v) is 17.1. The SMILES string of the molecule is CC(C)CCCCCOC(=O)CCCCCCCCCCCCCC(C(=O)OCCCCCC(C)C)C(C)C. The van der Waals surface area contributed by atoms with Crippen LogP contribution < -0.4 is 0 Å². The molecular weight excluding hydrogens is 484 g/mol. The first-order chi connectivity index (χ1) is 18.7. The molecule has 0 heterocycles. The van der Waals surface area contributed by atoms with E-state index in [9.17, 15) is 9.59 Å². The fourth-order valence-corrected chi connectivity index (χ4v) is 5.15. The van der Waals surface area contributed by atoms with E-state index in [2.05, 4.69) is 41.5 Å². The van der Waals surface area contributed by atoms with Crippen LogP contribution >= 0.6 is 0 Å². The summed E-state index contributed by atoms with van der Waals surface area (Å²) in [7, 11) is 0. The molecular formula is C35H68O4. The van der Waals surface area contributed by atoms with Gasteiger partial charge in [-0.2, -0.15) is 0 Å². The van der Waals surface area contributed by atoms with Gasteiger partial charge in [0.25, 0.3) is 0 Å². The van der Waals surface area contributed by atoms with Crippen molar-refractivity contribution >= 4 is 11.9 Å². The number of unbranched alkanes of at least 4 members (excludes halogenated alkanes) is 14. The van der Waals surface area contributed by atoms with E-state index < -0.39 is 0 Å². The van der Waals surface area contributed by atoms with Crippen LogP contribution in [0.25, 0.3) is 0 Å². The van der Waals surface area contributed by atoms with E-state index in [-0.39, 0.29) is 17.9 Å². The van der Waals surface area contributed by atoms with Gasteiger partial charge in [-0.1, -0.05) is 144 Å². The van der Waals surface area contributed by atoms with Gasteiger partial charge in [-0.15, -0.1) is 0 Å². The van der Waals surface area contributed by atoms with Crippen molar-refractivity contribution in [2.45, 2.75) is 176 Å². The molecule has 4 heteroatoms. The van der Waals surface area contributed by atoms with Gasteiger partial charge in [0, 0.05) is 6.42 Å². The Kier molecular flexibility index (Phi) is 26.4. The number of hydrogen-bond acceptors (Lipinski definition) is 4. The van der Waals surface area contributed by atoms with Gasteiger partial charge in [0.1, 0.15) is 0 Å². The van der Waals surface area contributed by atoms with Gasteiger partial charge in [-0.3, -0.25) is 9.59 Å². The van der Waals surface area contributed by atoms with Gasteiger partial charge in [-0.25, -0.2) is 0 Å². The lowest BCUT2D eigenvalue weighted by atomic mass is 9.90. The van der Waals surface area contributed by atoms with E-state index >= 15 is 0 Å². The molecule has 0 rings (SSSR count). The van der Waals surface area contributed by atoms with E-state index in [1.54, 1.807) is 0 Å². The Labute approximate surface area is 244 Å². The normalized spacial score (nSPS) is 12.4. The molecule has 232 valence electrons. The summed E-state index contributed by atoms with van der Waals surface area (Å²) < 4.78 is 11.0. The Morgan fingerprint density at radius 1 is 0.462 bits per heavy atom. The Balaban J connectivity index is 3.54. The summed E-state index contributed by atoms with van der Waals surface area (Å²) in [6.07, 6.45) is 24.4. The van der Waals surface area contributed by atoms with Crippen LogP contribution in [-0.2, 0) is 19.1 Å². The molecule has 0 fully saturated rings. The summed E-state index contributed by atoms with van der Waals surface area (Å²) >= 11 is 0. The Morgan fingerprint density at radius 3 is 1.31 bits per heavy atom. The molecule has 0 aromatic carbocycles. The van der Waals surface area contributed by atoms with Gasteiger partial charge in [0.2, 0.25) is 0 Å². The maximum Gasteiger partial charge on any atom is 0.309 e. The topological polar surface area (TPSA) is 52.6 Å². The third-order valence-electron chi connectivity index (χ3n) is 7.86. The van der Waals surface area contributed by atoms with Crippen LogP contribution in [0.3, 0.4) is 0 Å². The maximum atomic E-state index is 12.5. The van der Waals surface area contributed by atoms with Crippen molar-refractivity contribution < 1.29 is 19.1 Å². The minimum atomic E-state index is -0.0111. The summed E-state index contributed by atoms with van der Waals surface area (Å²) in [6.45, 7) is 14.5. The van der Waals surface area contributed by atoms with Crippen molar-refractivity contribution in [3.05, 3.63) is 0 Å². The molecule has 1 atom stereocenters. The predicted molar refractivity (Wildman–Crippen MR) is 167 cm³/mol. The highest BCUT2D eigenvalue weighted by Gasteiger charge is 2.23. The number of ether oxygens (including phenoxy) is 2. The first kappa shape index (κ1) is 37.9. The van der Waals surface area contributed by atoms with Crippen molar-refractivity contribution in [2.75, 3.05) is 13.2 Å². The van der Waals surface area contributed by atoms with Crippen molar-refractivity contribution in [3.8, 4) is 0 Å². The van der Waals surface area contributed by atoms with Crippen LogP contribution in [0, 0.1) is 23.7 Å². The molecule has 0 radical (unpaired) electrons.